The van der Waals surface area contributed by atoms with Crippen molar-refractivity contribution >= 4 is 5.91 Å². The van der Waals surface area contributed by atoms with Gasteiger partial charge in [0, 0.05) is 24.2 Å². The van der Waals surface area contributed by atoms with Gasteiger partial charge in [-0.1, -0.05) is 36.4 Å². The number of amides is 1. The van der Waals surface area contributed by atoms with E-state index in [1.165, 1.54) is 0 Å². The van der Waals surface area contributed by atoms with E-state index in [1.54, 1.807) is 24.1 Å². The number of rotatable bonds is 3. The van der Waals surface area contributed by atoms with Gasteiger partial charge in [-0.2, -0.15) is 0 Å². The van der Waals surface area contributed by atoms with Crippen molar-refractivity contribution in [1.82, 2.24) is 19.7 Å². The largest absolute Gasteiger partial charge is 0.497 e. The number of carbonyl (C=O) groups excluding carboxylic acids is 1. The quantitative estimate of drug-likeness (QED) is 0.739. The van der Waals surface area contributed by atoms with Gasteiger partial charge in [0.05, 0.1) is 13.7 Å². The Morgan fingerprint density at radius 3 is 2.68 bits per heavy atom. The standard InChI is InChI=1S/C19H18N4O2/c1-25-16-9-5-8-15(12-16)19(24)22-10-11-23-17(13-22)20-21-18(23)14-6-3-2-4-7-14/h2-9,12H,10-11,13H2,1H3. The van der Waals surface area contributed by atoms with E-state index in [0.717, 1.165) is 17.2 Å². The lowest BCUT2D eigenvalue weighted by molar-refractivity contribution is 0.0707. The van der Waals surface area contributed by atoms with Crippen LogP contribution < -0.4 is 4.74 Å². The van der Waals surface area contributed by atoms with E-state index in [9.17, 15) is 4.79 Å². The van der Waals surface area contributed by atoms with Crippen LogP contribution in [0.3, 0.4) is 0 Å². The van der Waals surface area contributed by atoms with Crippen LogP contribution in [0.25, 0.3) is 11.4 Å². The van der Waals surface area contributed by atoms with Crippen LogP contribution in [0.4, 0.5) is 0 Å². The fourth-order valence-electron chi connectivity index (χ4n) is 3.07. The minimum Gasteiger partial charge on any atom is -0.497 e. The topological polar surface area (TPSA) is 60.2 Å². The molecule has 1 aliphatic heterocycles. The van der Waals surface area contributed by atoms with Gasteiger partial charge in [0.15, 0.2) is 11.6 Å². The number of benzene rings is 2. The molecule has 0 N–H and O–H groups in total. The highest BCUT2D eigenvalue weighted by atomic mass is 16.5. The van der Waals surface area contributed by atoms with Crippen LogP contribution in [0.2, 0.25) is 0 Å². The molecule has 3 aromatic rings. The minimum atomic E-state index is -0.0191. The summed E-state index contributed by atoms with van der Waals surface area (Å²) in [6.45, 7) is 1.76. The normalized spacial score (nSPS) is 13.4. The van der Waals surface area contributed by atoms with Crippen molar-refractivity contribution in [1.29, 1.82) is 0 Å². The molecule has 0 aliphatic carbocycles. The van der Waals surface area contributed by atoms with Gasteiger partial charge in [-0.15, -0.1) is 10.2 Å². The first kappa shape index (κ1) is 15.4. The van der Waals surface area contributed by atoms with E-state index in [4.69, 9.17) is 4.74 Å². The second kappa shape index (κ2) is 6.39. The van der Waals surface area contributed by atoms with Gasteiger partial charge in [0.1, 0.15) is 5.75 Å². The van der Waals surface area contributed by atoms with Gasteiger partial charge in [0.2, 0.25) is 0 Å². The average molecular weight is 334 g/mol. The monoisotopic (exact) mass is 334 g/mol. The molecule has 25 heavy (non-hydrogen) atoms. The molecule has 0 bridgehead atoms. The lowest BCUT2D eigenvalue weighted by Gasteiger charge is -2.28. The van der Waals surface area contributed by atoms with E-state index in [1.807, 2.05) is 42.5 Å². The highest BCUT2D eigenvalue weighted by Gasteiger charge is 2.25. The van der Waals surface area contributed by atoms with Crippen molar-refractivity contribution in [3.05, 3.63) is 66.0 Å². The maximum Gasteiger partial charge on any atom is 0.254 e. The Hall–Kier alpha value is -3.15. The Balaban J connectivity index is 1.57. The second-order valence-corrected chi connectivity index (χ2v) is 5.92. The summed E-state index contributed by atoms with van der Waals surface area (Å²) in [5, 5.41) is 8.60. The van der Waals surface area contributed by atoms with E-state index in [0.29, 0.717) is 30.9 Å². The second-order valence-electron chi connectivity index (χ2n) is 5.92. The van der Waals surface area contributed by atoms with E-state index >= 15 is 0 Å². The van der Waals surface area contributed by atoms with Gasteiger partial charge in [0.25, 0.3) is 5.91 Å². The number of methoxy groups -OCH3 is 1. The number of carbonyl (C=O) groups is 1. The molecule has 126 valence electrons. The van der Waals surface area contributed by atoms with Crippen molar-refractivity contribution in [2.45, 2.75) is 13.1 Å². The molecule has 0 saturated heterocycles. The van der Waals surface area contributed by atoms with Crippen LogP contribution in [0.15, 0.2) is 54.6 Å². The number of ether oxygens (including phenoxy) is 1. The van der Waals surface area contributed by atoms with Gasteiger partial charge in [-0.3, -0.25) is 4.79 Å². The van der Waals surface area contributed by atoms with Crippen LogP contribution in [0.5, 0.6) is 5.75 Å². The van der Waals surface area contributed by atoms with Gasteiger partial charge >= 0.3 is 0 Å². The molecule has 1 amide bonds. The molecule has 0 atom stereocenters. The van der Waals surface area contributed by atoms with Crippen molar-refractivity contribution in [2.75, 3.05) is 13.7 Å². The molecule has 2 aromatic carbocycles. The molecule has 6 heteroatoms. The maximum absolute atomic E-state index is 12.8. The van der Waals surface area contributed by atoms with Crippen molar-refractivity contribution in [3.8, 4) is 17.1 Å². The predicted molar refractivity (Wildman–Crippen MR) is 93.2 cm³/mol. The third-order valence-corrected chi connectivity index (χ3v) is 4.39. The Morgan fingerprint density at radius 2 is 1.88 bits per heavy atom. The summed E-state index contributed by atoms with van der Waals surface area (Å²) >= 11 is 0. The summed E-state index contributed by atoms with van der Waals surface area (Å²) in [5.74, 6) is 2.32. The Kier molecular flexibility index (Phi) is 3.93. The van der Waals surface area contributed by atoms with Crippen LogP contribution in [0.1, 0.15) is 16.2 Å². The predicted octanol–water partition coefficient (Wildman–Crippen LogP) is 2.61. The van der Waals surface area contributed by atoms with Crippen molar-refractivity contribution in [2.24, 2.45) is 0 Å². The zero-order chi connectivity index (χ0) is 17.2. The maximum atomic E-state index is 12.8. The number of hydrogen-bond acceptors (Lipinski definition) is 4. The summed E-state index contributed by atoms with van der Waals surface area (Å²) in [6, 6.07) is 17.2. The van der Waals surface area contributed by atoms with Crippen LogP contribution >= 0.6 is 0 Å². The smallest absolute Gasteiger partial charge is 0.254 e. The average Bonchev–Trinajstić information content (AvgIpc) is 3.11. The number of hydrogen-bond donors (Lipinski definition) is 0. The van der Waals surface area contributed by atoms with Crippen LogP contribution in [-0.4, -0.2) is 39.2 Å². The van der Waals surface area contributed by atoms with E-state index < -0.39 is 0 Å². The molecule has 0 spiro atoms. The molecule has 6 nitrogen and oxygen atoms in total. The third-order valence-electron chi connectivity index (χ3n) is 4.39. The summed E-state index contributed by atoms with van der Waals surface area (Å²) < 4.78 is 7.29. The molecule has 0 fully saturated rings. The third kappa shape index (κ3) is 2.87. The SMILES string of the molecule is COc1cccc(C(=O)N2CCn3c(nnc3-c3ccccc3)C2)c1. The molecular formula is C19H18N4O2. The molecular weight excluding hydrogens is 316 g/mol. The van der Waals surface area contributed by atoms with Crippen LogP contribution in [-0.2, 0) is 13.1 Å². The number of aromatic nitrogens is 3. The van der Waals surface area contributed by atoms with Crippen molar-refractivity contribution < 1.29 is 9.53 Å². The zero-order valence-corrected chi connectivity index (χ0v) is 13.9. The molecule has 0 radical (unpaired) electrons. The molecule has 0 unspecified atom stereocenters. The molecule has 2 heterocycles. The highest BCUT2D eigenvalue weighted by molar-refractivity contribution is 5.94. The molecule has 0 saturated carbocycles. The minimum absolute atomic E-state index is 0.0191. The van der Waals surface area contributed by atoms with Gasteiger partial charge < -0.3 is 14.2 Å². The Morgan fingerprint density at radius 1 is 1.04 bits per heavy atom. The zero-order valence-electron chi connectivity index (χ0n) is 13.9. The lowest BCUT2D eigenvalue weighted by atomic mass is 10.1. The Bertz CT molecular complexity index is 905. The summed E-state index contributed by atoms with van der Waals surface area (Å²) in [7, 11) is 1.60. The van der Waals surface area contributed by atoms with Gasteiger partial charge in [-0.25, -0.2) is 0 Å². The van der Waals surface area contributed by atoms with Crippen molar-refractivity contribution in [3.63, 3.8) is 0 Å². The summed E-state index contributed by atoms with van der Waals surface area (Å²) in [4.78, 5) is 14.6. The Labute approximate surface area is 145 Å². The summed E-state index contributed by atoms with van der Waals surface area (Å²) in [5.41, 5.74) is 1.66. The number of nitrogens with zero attached hydrogens (tertiary/aromatic N) is 4. The fraction of sp³-hybridized carbons (Fsp3) is 0.211. The molecule has 1 aliphatic rings. The lowest BCUT2D eigenvalue weighted by Crippen LogP contribution is -2.38. The van der Waals surface area contributed by atoms with Gasteiger partial charge in [-0.05, 0) is 18.2 Å². The first-order valence-electron chi connectivity index (χ1n) is 8.17. The highest BCUT2D eigenvalue weighted by Crippen LogP contribution is 2.23. The van der Waals surface area contributed by atoms with E-state index in [-0.39, 0.29) is 5.91 Å². The molecule has 4 rings (SSSR count). The number of fused-ring (bicyclic) bond motifs is 1. The summed E-state index contributed by atoms with van der Waals surface area (Å²) in [6.07, 6.45) is 0. The van der Waals surface area contributed by atoms with Crippen LogP contribution in [0, 0.1) is 0 Å². The van der Waals surface area contributed by atoms with E-state index in [2.05, 4.69) is 14.8 Å². The molecule has 1 aromatic heterocycles. The fourth-order valence-corrected chi connectivity index (χ4v) is 3.07. The first-order valence-corrected chi connectivity index (χ1v) is 8.17. The first-order chi connectivity index (χ1) is 12.3.